The van der Waals surface area contributed by atoms with Crippen molar-refractivity contribution in [2.75, 3.05) is 29.5 Å². The Morgan fingerprint density at radius 1 is 1.13 bits per heavy atom. The molecule has 4 rings (SSSR count). The lowest BCUT2D eigenvalue weighted by atomic mass is 9.82. The Bertz CT molecular complexity index is 1280. The van der Waals surface area contributed by atoms with Crippen LogP contribution in [0.1, 0.15) is 80.8 Å². The van der Waals surface area contributed by atoms with Gasteiger partial charge in [0.1, 0.15) is 11.0 Å². The number of likely N-dealkylation sites (tertiary alicyclic amines) is 1. The van der Waals surface area contributed by atoms with E-state index in [9.17, 15) is 27.9 Å². The monoisotopic (exact) mass is 578 g/mol. The van der Waals surface area contributed by atoms with Crippen molar-refractivity contribution in [1.82, 2.24) is 4.90 Å². The van der Waals surface area contributed by atoms with Gasteiger partial charge in [0.2, 0.25) is 5.91 Å². The number of nitrogens with zero attached hydrogens (tertiary/aromatic N) is 2. The third-order valence-corrected chi connectivity index (χ3v) is 10.3. The standard InChI is InChI=1S/C28H38N2O7S2/c1-18-5-7-19(8-6-18)25(31)30(23-15-22(9-12-28(2,3)4)38-24(23)26(32)33)20-10-13-29(16-20)27(34)37-21-11-14-39(35,36)17-21/h15,18-21H,5-8,10-11,13-14,16-17H2,1-4H3,(H,32,33)/t18?,19?,20-,21?/m0/s1. The van der Waals surface area contributed by atoms with Crippen molar-refractivity contribution in [2.45, 2.75) is 78.4 Å². The summed E-state index contributed by atoms with van der Waals surface area (Å²) in [5, 5.41) is 10.1. The molecule has 11 heteroatoms. The van der Waals surface area contributed by atoms with Crippen molar-refractivity contribution >= 4 is 44.8 Å². The van der Waals surface area contributed by atoms with E-state index in [1.807, 2.05) is 20.8 Å². The average Bonchev–Trinajstić information content (AvgIpc) is 3.57. The van der Waals surface area contributed by atoms with Crippen LogP contribution in [0.2, 0.25) is 0 Å². The topological polar surface area (TPSA) is 121 Å². The molecule has 3 fully saturated rings. The molecule has 0 spiro atoms. The number of rotatable bonds is 5. The second kappa shape index (κ2) is 11.5. The Morgan fingerprint density at radius 2 is 1.82 bits per heavy atom. The fourth-order valence-electron chi connectivity index (χ4n) is 5.41. The largest absolute Gasteiger partial charge is 0.477 e. The second-order valence-electron chi connectivity index (χ2n) is 12.1. The summed E-state index contributed by atoms with van der Waals surface area (Å²) in [6.07, 6.45) is 2.85. The number of amides is 2. The smallest absolute Gasteiger partial charge is 0.410 e. The molecule has 1 saturated carbocycles. The summed E-state index contributed by atoms with van der Waals surface area (Å²) in [5.41, 5.74) is 0.0590. The molecule has 0 aromatic carbocycles. The van der Waals surface area contributed by atoms with Gasteiger partial charge in [-0.05, 0) is 71.3 Å². The van der Waals surface area contributed by atoms with E-state index in [4.69, 9.17) is 4.74 Å². The number of hydrogen-bond acceptors (Lipinski definition) is 7. The minimum absolute atomic E-state index is 0.00637. The normalized spacial score (nSPS) is 26.5. The van der Waals surface area contributed by atoms with Crippen molar-refractivity contribution in [3.05, 3.63) is 15.8 Å². The van der Waals surface area contributed by atoms with Gasteiger partial charge in [-0.3, -0.25) is 4.79 Å². The first-order valence-electron chi connectivity index (χ1n) is 13.6. The molecule has 3 heterocycles. The Balaban J connectivity index is 1.61. The molecule has 1 N–H and O–H groups in total. The van der Waals surface area contributed by atoms with E-state index in [0.29, 0.717) is 29.4 Å². The summed E-state index contributed by atoms with van der Waals surface area (Å²) in [4.78, 5) is 42.9. The number of thiophene rings is 1. The molecule has 2 aliphatic heterocycles. The third kappa shape index (κ3) is 7.34. The van der Waals surface area contributed by atoms with Crippen molar-refractivity contribution < 1.29 is 32.6 Å². The summed E-state index contributed by atoms with van der Waals surface area (Å²) in [5.74, 6) is 5.16. The number of hydrogen-bond donors (Lipinski definition) is 1. The van der Waals surface area contributed by atoms with Gasteiger partial charge in [-0.1, -0.05) is 18.8 Å². The first-order chi connectivity index (χ1) is 18.2. The van der Waals surface area contributed by atoms with Gasteiger partial charge in [0.05, 0.1) is 28.1 Å². The quantitative estimate of drug-likeness (QED) is 0.514. The molecule has 3 aliphatic rings. The SMILES string of the molecule is CC1CCC(C(=O)N(c2cc(C#CC(C)(C)C)sc2C(=O)O)[C@H]2CCN(C(=O)OC3CCS(=O)(=O)C3)C2)CC1. The molecule has 39 heavy (non-hydrogen) atoms. The lowest BCUT2D eigenvalue weighted by Gasteiger charge is -2.34. The summed E-state index contributed by atoms with van der Waals surface area (Å²) >= 11 is 1.06. The Morgan fingerprint density at radius 3 is 2.41 bits per heavy atom. The van der Waals surface area contributed by atoms with Crippen LogP contribution in [0.4, 0.5) is 10.5 Å². The number of sulfone groups is 1. The lowest BCUT2D eigenvalue weighted by Crippen LogP contribution is -2.47. The lowest BCUT2D eigenvalue weighted by molar-refractivity contribution is -0.124. The number of aromatic carboxylic acids is 1. The summed E-state index contributed by atoms with van der Waals surface area (Å²) in [7, 11) is -3.19. The van der Waals surface area contributed by atoms with Crippen molar-refractivity contribution in [2.24, 2.45) is 17.3 Å². The fraction of sp³-hybridized carbons (Fsp3) is 0.679. The van der Waals surface area contributed by atoms with Crippen LogP contribution in [0, 0.1) is 29.1 Å². The van der Waals surface area contributed by atoms with Gasteiger partial charge in [-0.2, -0.15) is 0 Å². The van der Waals surface area contributed by atoms with Gasteiger partial charge in [-0.25, -0.2) is 18.0 Å². The summed E-state index contributed by atoms with van der Waals surface area (Å²) in [6.45, 7) is 8.61. The average molecular weight is 579 g/mol. The molecule has 1 aromatic heterocycles. The number of anilines is 1. The van der Waals surface area contributed by atoms with Crippen molar-refractivity contribution in [3.8, 4) is 11.8 Å². The van der Waals surface area contributed by atoms with E-state index in [1.54, 1.807) is 11.0 Å². The summed E-state index contributed by atoms with van der Waals surface area (Å²) < 4.78 is 29.0. The molecule has 1 aromatic rings. The molecule has 1 unspecified atom stereocenters. The molecule has 2 atom stereocenters. The van der Waals surface area contributed by atoms with E-state index in [0.717, 1.165) is 37.0 Å². The predicted molar refractivity (Wildman–Crippen MR) is 150 cm³/mol. The van der Waals surface area contributed by atoms with Gasteiger partial charge in [0.25, 0.3) is 0 Å². The van der Waals surface area contributed by atoms with Gasteiger partial charge in [-0.15, -0.1) is 11.3 Å². The fourth-order valence-corrected chi connectivity index (χ4v) is 7.84. The van der Waals surface area contributed by atoms with Crippen molar-refractivity contribution in [1.29, 1.82) is 0 Å². The van der Waals surface area contributed by atoms with Crippen LogP contribution < -0.4 is 4.90 Å². The zero-order valence-electron chi connectivity index (χ0n) is 23.1. The van der Waals surface area contributed by atoms with E-state index >= 15 is 0 Å². The van der Waals surface area contributed by atoms with Crippen LogP contribution >= 0.6 is 11.3 Å². The van der Waals surface area contributed by atoms with Crippen LogP contribution in [0.5, 0.6) is 0 Å². The van der Waals surface area contributed by atoms with Gasteiger partial charge in [0, 0.05) is 24.4 Å². The third-order valence-electron chi connectivity index (χ3n) is 7.57. The van der Waals surface area contributed by atoms with Crippen molar-refractivity contribution in [3.63, 3.8) is 0 Å². The number of carbonyl (C=O) groups is 3. The summed E-state index contributed by atoms with van der Waals surface area (Å²) in [6, 6.07) is 1.27. The highest BCUT2D eigenvalue weighted by atomic mass is 32.2. The van der Waals surface area contributed by atoms with Gasteiger partial charge < -0.3 is 19.6 Å². The number of carbonyl (C=O) groups excluding carboxylic acids is 2. The van der Waals surface area contributed by atoms with E-state index in [1.165, 1.54) is 4.90 Å². The molecule has 214 valence electrons. The minimum Gasteiger partial charge on any atom is -0.477 e. The number of carboxylic acids is 1. The first-order valence-corrected chi connectivity index (χ1v) is 16.3. The molecule has 2 amide bonds. The van der Waals surface area contributed by atoms with Gasteiger partial charge >= 0.3 is 12.1 Å². The number of carboxylic acid groups (broad SMARTS) is 1. The van der Waals surface area contributed by atoms with Crippen LogP contribution in [-0.4, -0.2) is 73.1 Å². The van der Waals surface area contributed by atoms with Crippen LogP contribution in [-0.2, 0) is 19.4 Å². The predicted octanol–water partition coefficient (Wildman–Crippen LogP) is 4.40. The van der Waals surface area contributed by atoms with Crippen LogP contribution in [0.25, 0.3) is 0 Å². The maximum atomic E-state index is 14.0. The maximum Gasteiger partial charge on any atom is 0.410 e. The molecule has 0 bridgehead atoms. The molecule has 9 nitrogen and oxygen atoms in total. The minimum atomic E-state index is -3.19. The zero-order chi connectivity index (χ0) is 28.5. The molecule has 1 aliphatic carbocycles. The molecule has 0 radical (unpaired) electrons. The highest BCUT2D eigenvalue weighted by molar-refractivity contribution is 7.91. The molecule has 2 saturated heterocycles. The Hall–Kier alpha value is -2.58. The maximum absolute atomic E-state index is 14.0. The highest BCUT2D eigenvalue weighted by Gasteiger charge is 2.41. The van der Waals surface area contributed by atoms with Gasteiger partial charge in [0.15, 0.2) is 9.84 Å². The van der Waals surface area contributed by atoms with Crippen LogP contribution in [0.3, 0.4) is 0 Å². The van der Waals surface area contributed by atoms with Crippen LogP contribution in [0.15, 0.2) is 6.07 Å². The number of ether oxygens (including phenoxy) is 1. The Labute approximate surface area is 234 Å². The molecular formula is C28H38N2O7S2. The second-order valence-corrected chi connectivity index (χ2v) is 15.4. The zero-order valence-corrected chi connectivity index (χ0v) is 24.7. The Kier molecular flexibility index (Phi) is 8.67. The van der Waals surface area contributed by atoms with E-state index < -0.39 is 34.0 Å². The van der Waals surface area contributed by atoms with E-state index in [2.05, 4.69) is 18.8 Å². The van der Waals surface area contributed by atoms with E-state index in [-0.39, 0.29) is 46.6 Å². The first kappa shape index (κ1) is 29.4. The molecular weight excluding hydrogens is 540 g/mol. The highest BCUT2D eigenvalue weighted by Crippen LogP contribution is 2.38.